The molecule has 2 aliphatic rings. The number of benzene rings is 2. The van der Waals surface area contributed by atoms with Crippen LogP contribution in [0.15, 0.2) is 47.4 Å². The van der Waals surface area contributed by atoms with Crippen LogP contribution in [0.3, 0.4) is 0 Å². The molecule has 0 radical (unpaired) electrons. The first kappa shape index (κ1) is 30.1. The third-order valence-corrected chi connectivity index (χ3v) is 9.43. The van der Waals surface area contributed by atoms with Crippen molar-refractivity contribution in [3.8, 4) is 0 Å². The maximum Gasteiger partial charge on any atom is 0.430 e. The van der Waals surface area contributed by atoms with Crippen LogP contribution in [0.1, 0.15) is 48.8 Å². The Bertz CT molecular complexity index is 1350. The lowest BCUT2D eigenvalue weighted by Crippen LogP contribution is -2.54. The molecule has 0 spiro atoms. The van der Waals surface area contributed by atoms with E-state index >= 15 is 0 Å². The van der Waals surface area contributed by atoms with E-state index in [1.165, 1.54) is 24.3 Å². The Hall–Kier alpha value is -2.84. The van der Waals surface area contributed by atoms with Crippen LogP contribution in [0.5, 0.6) is 0 Å². The average molecular weight is 594 g/mol. The van der Waals surface area contributed by atoms with Crippen molar-refractivity contribution in [1.29, 1.82) is 0 Å². The van der Waals surface area contributed by atoms with Gasteiger partial charge in [-0.3, -0.25) is 9.10 Å². The fraction of sp³-hybridized carbons (Fsp3) is 0.500. The number of fused-ring (bicyclic) bond motifs is 1. The van der Waals surface area contributed by atoms with Crippen molar-refractivity contribution in [3.05, 3.63) is 59.2 Å². The Kier molecular flexibility index (Phi) is 7.93. The molecule has 1 aliphatic heterocycles. The number of anilines is 1. The molecule has 0 saturated heterocycles. The van der Waals surface area contributed by atoms with E-state index in [0.717, 1.165) is 28.8 Å². The van der Waals surface area contributed by atoms with Crippen molar-refractivity contribution in [2.24, 2.45) is 5.73 Å². The average Bonchev–Trinajstić information content (AvgIpc) is 3.25. The van der Waals surface area contributed by atoms with Crippen LogP contribution in [0.4, 0.5) is 32.0 Å². The Morgan fingerprint density at radius 2 is 1.65 bits per heavy atom. The normalized spacial score (nSPS) is 22.2. The minimum atomic E-state index is -6.09. The summed E-state index contributed by atoms with van der Waals surface area (Å²) in [4.78, 5) is 12.7. The molecule has 2 aromatic rings. The second-order valence-corrected chi connectivity index (χ2v) is 12.1. The van der Waals surface area contributed by atoms with Crippen LogP contribution in [0, 0.1) is 6.92 Å². The third-order valence-electron chi connectivity index (χ3n) is 7.55. The van der Waals surface area contributed by atoms with Crippen LogP contribution < -0.4 is 15.4 Å². The van der Waals surface area contributed by atoms with E-state index in [1.807, 2.05) is 0 Å². The third kappa shape index (κ3) is 5.40. The predicted molar refractivity (Wildman–Crippen MR) is 134 cm³/mol. The SMILES string of the molecule is Cc1ccc(S(=O)(=O)N2c3ccc(C(O)(C(F)(F)F)C(F)(F)F)cc3CC[C@H]2CC(=O)N[C@@H]2CCC[C@H]2N)cc1. The number of sulfonamides is 1. The summed E-state index contributed by atoms with van der Waals surface area (Å²) in [5, 5.41) is 12.7. The second-order valence-electron chi connectivity index (χ2n) is 10.3. The zero-order valence-corrected chi connectivity index (χ0v) is 22.2. The quantitative estimate of drug-likeness (QED) is 0.435. The summed E-state index contributed by atoms with van der Waals surface area (Å²) < 4.78 is 110. The Morgan fingerprint density at radius 3 is 2.20 bits per heavy atom. The van der Waals surface area contributed by atoms with Crippen molar-refractivity contribution >= 4 is 21.6 Å². The summed E-state index contributed by atoms with van der Waals surface area (Å²) in [5.41, 5.74) is -0.182. The fourth-order valence-electron chi connectivity index (χ4n) is 5.33. The topological polar surface area (TPSA) is 113 Å². The summed E-state index contributed by atoms with van der Waals surface area (Å²) in [6, 6.07) is 5.98. The van der Waals surface area contributed by atoms with Crippen molar-refractivity contribution in [2.75, 3.05) is 4.31 Å². The first-order valence-electron chi connectivity index (χ1n) is 12.6. The van der Waals surface area contributed by atoms with E-state index in [1.54, 1.807) is 6.92 Å². The molecule has 7 nitrogen and oxygen atoms in total. The van der Waals surface area contributed by atoms with Gasteiger partial charge < -0.3 is 16.2 Å². The number of amides is 1. The molecule has 0 bridgehead atoms. The maximum atomic E-state index is 13.8. The zero-order chi connectivity index (χ0) is 29.7. The smallest absolute Gasteiger partial charge is 0.369 e. The van der Waals surface area contributed by atoms with Gasteiger partial charge in [0.1, 0.15) is 0 Å². The van der Waals surface area contributed by atoms with Crippen LogP contribution in [0.25, 0.3) is 0 Å². The Morgan fingerprint density at radius 1 is 1.02 bits per heavy atom. The van der Waals surface area contributed by atoms with Gasteiger partial charge in [-0.2, -0.15) is 26.3 Å². The van der Waals surface area contributed by atoms with Gasteiger partial charge >= 0.3 is 12.4 Å². The van der Waals surface area contributed by atoms with E-state index in [2.05, 4.69) is 5.32 Å². The van der Waals surface area contributed by atoms with Gasteiger partial charge in [-0.15, -0.1) is 0 Å². The van der Waals surface area contributed by atoms with Gasteiger partial charge in [0.2, 0.25) is 5.91 Å². The molecule has 220 valence electrons. The monoisotopic (exact) mass is 593 g/mol. The number of nitrogens with zero attached hydrogens (tertiary/aromatic N) is 1. The number of nitrogens with one attached hydrogen (secondary N) is 1. The van der Waals surface area contributed by atoms with Gasteiger partial charge in [0.05, 0.1) is 16.6 Å². The molecule has 1 heterocycles. The molecule has 1 saturated carbocycles. The van der Waals surface area contributed by atoms with E-state index in [9.17, 15) is 44.7 Å². The molecular weight excluding hydrogens is 564 g/mol. The summed E-state index contributed by atoms with van der Waals surface area (Å²) in [6.45, 7) is 1.73. The number of carbonyl (C=O) groups excluding carboxylic acids is 1. The highest BCUT2D eigenvalue weighted by atomic mass is 32.2. The van der Waals surface area contributed by atoms with Gasteiger partial charge in [0.25, 0.3) is 15.6 Å². The molecule has 0 aromatic heterocycles. The molecular formula is C26H29F6N3O4S. The highest BCUT2D eigenvalue weighted by Crippen LogP contribution is 2.51. The molecule has 1 aliphatic carbocycles. The molecule has 4 N–H and O–H groups in total. The number of halogens is 6. The minimum absolute atomic E-state index is 0.0673. The van der Waals surface area contributed by atoms with Crippen molar-refractivity contribution in [1.82, 2.24) is 5.32 Å². The second kappa shape index (κ2) is 10.5. The molecule has 1 fully saturated rings. The molecule has 1 amide bonds. The molecule has 2 aromatic carbocycles. The lowest BCUT2D eigenvalue weighted by atomic mass is 9.87. The summed E-state index contributed by atoms with van der Waals surface area (Å²) in [6.07, 6.45) is -10.5. The highest BCUT2D eigenvalue weighted by Gasteiger charge is 2.71. The van der Waals surface area contributed by atoms with Gasteiger partial charge in [-0.05, 0) is 62.8 Å². The fourth-order valence-corrected chi connectivity index (χ4v) is 7.05. The number of nitrogens with two attached hydrogens (primary N) is 1. The molecule has 3 atom stereocenters. The van der Waals surface area contributed by atoms with E-state index in [4.69, 9.17) is 5.73 Å². The maximum absolute atomic E-state index is 13.8. The number of rotatable bonds is 6. The lowest BCUT2D eigenvalue weighted by molar-refractivity contribution is -0.376. The summed E-state index contributed by atoms with van der Waals surface area (Å²) in [5.74, 6) is -0.472. The van der Waals surface area contributed by atoms with Crippen molar-refractivity contribution < 1.29 is 44.7 Å². The number of carbonyl (C=O) groups is 1. The Balaban J connectivity index is 1.77. The largest absolute Gasteiger partial charge is 0.430 e. The van der Waals surface area contributed by atoms with Gasteiger partial charge in [-0.1, -0.05) is 29.8 Å². The molecule has 4 rings (SSSR count). The Labute approximate surface area is 227 Å². The minimum Gasteiger partial charge on any atom is -0.369 e. The predicted octanol–water partition coefficient (Wildman–Crippen LogP) is 4.20. The highest BCUT2D eigenvalue weighted by molar-refractivity contribution is 7.92. The first-order valence-corrected chi connectivity index (χ1v) is 14.1. The molecule has 40 heavy (non-hydrogen) atoms. The summed E-state index contributed by atoms with van der Waals surface area (Å²) in [7, 11) is -4.41. The molecule has 14 heteroatoms. The molecule has 0 unspecified atom stereocenters. The van der Waals surface area contributed by atoms with Crippen LogP contribution in [0.2, 0.25) is 0 Å². The number of hydrogen-bond donors (Lipinski definition) is 3. The number of aliphatic hydroxyl groups is 1. The van der Waals surface area contributed by atoms with E-state index in [-0.39, 0.29) is 47.5 Å². The van der Waals surface area contributed by atoms with Crippen molar-refractivity contribution in [2.45, 2.75) is 86.4 Å². The number of aryl methyl sites for hydroxylation is 2. The zero-order valence-electron chi connectivity index (χ0n) is 21.4. The van der Waals surface area contributed by atoms with Gasteiger partial charge in [0, 0.05) is 24.1 Å². The van der Waals surface area contributed by atoms with Gasteiger partial charge in [-0.25, -0.2) is 8.42 Å². The first-order chi connectivity index (χ1) is 18.5. The number of hydrogen-bond acceptors (Lipinski definition) is 5. The lowest BCUT2D eigenvalue weighted by Gasteiger charge is -2.39. The van der Waals surface area contributed by atoms with Crippen LogP contribution in [-0.4, -0.2) is 49.9 Å². The van der Waals surface area contributed by atoms with Crippen LogP contribution in [-0.2, 0) is 26.8 Å². The van der Waals surface area contributed by atoms with Crippen LogP contribution >= 0.6 is 0 Å². The van der Waals surface area contributed by atoms with E-state index in [0.29, 0.717) is 18.6 Å². The van der Waals surface area contributed by atoms with E-state index < -0.39 is 45.5 Å². The summed E-state index contributed by atoms with van der Waals surface area (Å²) >= 11 is 0. The van der Waals surface area contributed by atoms with Crippen molar-refractivity contribution in [3.63, 3.8) is 0 Å². The standard InChI is InChI=1S/C26H29F6N3O4S/c1-15-5-10-19(11-6-15)40(38,39)35-18(14-23(36)34-21-4-2-3-20(21)33)9-7-16-13-17(8-12-22(16)35)24(37,25(27,28)29)26(30,31)32/h5-6,8,10-13,18,20-21,37H,2-4,7,9,14,33H2,1H3,(H,34,36)/t18-,20+,21+/m0/s1. The number of alkyl halides is 6. The van der Waals surface area contributed by atoms with Gasteiger partial charge in [0.15, 0.2) is 0 Å².